The van der Waals surface area contributed by atoms with Crippen LogP contribution in [-0.2, 0) is 0 Å². The Bertz CT molecular complexity index is 814. The zero-order valence-electron chi connectivity index (χ0n) is 10.8. The monoisotopic (exact) mass is 360 g/mol. The van der Waals surface area contributed by atoms with Gasteiger partial charge in [-0.25, -0.2) is 4.68 Å². The number of rotatable bonds is 3. The Balaban J connectivity index is 2.15. The lowest BCUT2D eigenvalue weighted by atomic mass is 10.1. The van der Waals surface area contributed by atoms with Crippen LogP contribution in [0.4, 0.5) is 0 Å². The van der Waals surface area contributed by atoms with Gasteiger partial charge in [-0.15, -0.1) is 0 Å². The fourth-order valence-electron chi connectivity index (χ4n) is 2.09. The van der Waals surface area contributed by atoms with Crippen LogP contribution < -0.4 is 0 Å². The van der Waals surface area contributed by atoms with Crippen molar-refractivity contribution in [2.75, 3.05) is 0 Å². The Labute approximate surface area is 135 Å². The summed E-state index contributed by atoms with van der Waals surface area (Å²) >= 11 is 9.60. The number of benzene rings is 2. The average molecular weight is 362 g/mol. The lowest BCUT2D eigenvalue weighted by Gasteiger charge is -2.03. The van der Waals surface area contributed by atoms with Crippen molar-refractivity contribution in [2.24, 2.45) is 0 Å². The van der Waals surface area contributed by atoms with Gasteiger partial charge in [-0.3, -0.25) is 4.79 Å². The third-order valence-electron chi connectivity index (χ3n) is 3.07. The number of carbonyl (C=O) groups excluding carboxylic acids is 1. The molecule has 0 amide bonds. The Kier molecular flexibility index (Phi) is 3.90. The predicted molar refractivity (Wildman–Crippen MR) is 87.1 cm³/mol. The number of aldehydes is 1. The van der Waals surface area contributed by atoms with Gasteiger partial charge in [-0.1, -0.05) is 51.8 Å². The van der Waals surface area contributed by atoms with E-state index in [1.165, 1.54) is 0 Å². The summed E-state index contributed by atoms with van der Waals surface area (Å²) in [6.45, 7) is 0. The van der Waals surface area contributed by atoms with Crippen molar-refractivity contribution in [1.82, 2.24) is 9.78 Å². The van der Waals surface area contributed by atoms with Gasteiger partial charge in [-0.05, 0) is 24.3 Å². The lowest BCUT2D eigenvalue weighted by molar-refractivity contribution is 0.112. The van der Waals surface area contributed by atoms with Crippen molar-refractivity contribution < 1.29 is 4.79 Å². The number of aromatic nitrogens is 2. The Morgan fingerprint density at radius 1 is 1.14 bits per heavy atom. The van der Waals surface area contributed by atoms with Crippen molar-refractivity contribution in [3.8, 4) is 16.9 Å². The Morgan fingerprint density at radius 2 is 1.95 bits per heavy atom. The van der Waals surface area contributed by atoms with Crippen molar-refractivity contribution in [2.45, 2.75) is 0 Å². The molecule has 3 nitrogen and oxygen atoms in total. The molecule has 0 unspecified atom stereocenters. The summed E-state index contributed by atoms with van der Waals surface area (Å²) in [6.07, 6.45) is 2.49. The van der Waals surface area contributed by atoms with Crippen LogP contribution in [0.1, 0.15) is 10.4 Å². The SMILES string of the molecule is O=Cc1cn(-c2ccccc2Cl)nc1-c1cccc(Br)c1. The average Bonchev–Trinajstić information content (AvgIpc) is 2.92. The molecular weight excluding hydrogens is 352 g/mol. The molecule has 0 aliphatic heterocycles. The zero-order chi connectivity index (χ0) is 14.8. The van der Waals surface area contributed by atoms with Crippen LogP contribution in [0, 0.1) is 0 Å². The van der Waals surface area contributed by atoms with E-state index in [2.05, 4.69) is 21.0 Å². The highest BCUT2D eigenvalue weighted by Gasteiger charge is 2.13. The molecule has 1 aromatic heterocycles. The molecule has 5 heteroatoms. The first-order valence-corrected chi connectivity index (χ1v) is 7.42. The summed E-state index contributed by atoms with van der Waals surface area (Å²) in [6, 6.07) is 15.0. The van der Waals surface area contributed by atoms with E-state index in [4.69, 9.17) is 11.6 Å². The van der Waals surface area contributed by atoms with Gasteiger partial charge in [0.2, 0.25) is 0 Å². The van der Waals surface area contributed by atoms with Gasteiger partial charge in [0.25, 0.3) is 0 Å². The van der Waals surface area contributed by atoms with Crippen LogP contribution >= 0.6 is 27.5 Å². The van der Waals surface area contributed by atoms with E-state index >= 15 is 0 Å². The van der Waals surface area contributed by atoms with Crippen molar-refractivity contribution in [1.29, 1.82) is 0 Å². The maximum Gasteiger partial charge on any atom is 0.153 e. The quantitative estimate of drug-likeness (QED) is 0.630. The second kappa shape index (κ2) is 5.84. The van der Waals surface area contributed by atoms with Crippen molar-refractivity contribution in [3.05, 3.63) is 69.8 Å². The summed E-state index contributed by atoms with van der Waals surface area (Å²) < 4.78 is 2.56. The Morgan fingerprint density at radius 3 is 2.67 bits per heavy atom. The van der Waals surface area contributed by atoms with E-state index in [9.17, 15) is 4.79 Å². The number of halogens is 2. The van der Waals surface area contributed by atoms with Crippen molar-refractivity contribution in [3.63, 3.8) is 0 Å². The molecule has 0 N–H and O–H groups in total. The second-order valence-electron chi connectivity index (χ2n) is 4.46. The molecule has 0 fully saturated rings. The molecule has 0 bridgehead atoms. The fraction of sp³-hybridized carbons (Fsp3) is 0. The summed E-state index contributed by atoms with van der Waals surface area (Å²) in [4.78, 5) is 11.3. The van der Waals surface area contributed by atoms with Gasteiger partial charge in [0.05, 0.1) is 16.3 Å². The largest absolute Gasteiger partial charge is 0.298 e. The molecule has 0 saturated heterocycles. The van der Waals surface area contributed by atoms with Crippen LogP contribution in [0.15, 0.2) is 59.2 Å². The molecule has 2 aromatic carbocycles. The third kappa shape index (κ3) is 2.77. The fourth-order valence-corrected chi connectivity index (χ4v) is 2.72. The van der Waals surface area contributed by atoms with E-state index in [1.807, 2.05) is 42.5 Å². The minimum absolute atomic E-state index is 0.521. The van der Waals surface area contributed by atoms with Crippen LogP contribution in [0.5, 0.6) is 0 Å². The molecule has 104 valence electrons. The normalized spacial score (nSPS) is 10.6. The first-order valence-electron chi connectivity index (χ1n) is 6.25. The lowest BCUT2D eigenvalue weighted by Crippen LogP contribution is -1.95. The van der Waals surface area contributed by atoms with Crippen molar-refractivity contribution >= 4 is 33.8 Å². The molecule has 0 radical (unpaired) electrons. The summed E-state index contributed by atoms with van der Waals surface area (Å²) in [5.74, 6) is 0. The maximum absolute atomic E-state index is 11.3. The predicted octanol–water partition coefficient (Wildman–Crippen LogP) is 4.77. The van der Waals surface area contributed by atoms with Gasteiger partial charge in [0, 0.05) is 16.2 Å². The summed E-state index contributed by atoms with van der Waals surface area (Å²) in [7, 11) is 0. The maximum atomic E-state index is 11.3. The second-order valence-corrected chi connectivity index (χ2v) is 5.78. The van der Waals surface area contributed by atoms with Crippen LogP contribution in [0.2, 0.25) is 5.02 Å². The molecular formula is C16H10BrClN2O. The van der Waals surface area contributed by atoms with Crippen LogP contribution in [0.25, 0.3) is 16.9 Å². The van der Waals surface area contributed by atoms with Crippen LogP contribution in [0.3, 0.4) is 0 Å². The molecule has 0 aliphatic carbocycles. The standard InChI is InChI=1S/C16H10BrClN2O/c17-13-5-3-4-11(8-13)16-12(10-21)9-20(19-16)15-7-2-1-6-14(15)18/h1-10H. The first-order chi connectivity index (χ1) is 10.2. The Hall–Kier alpha value is -1.91. The molecule has 1 heterocycles. The van der Waals surface area contributed by atoms with Gasteiger partial charge in [0.15, 0.2) is 6.29 Å². The molecule has 0 spiro atoms. The number of hydrogen-bond acceptors (Lipinski definition) is 2. The van der Waals surface area contributed by atoms with E-state index in [-0.39, 0.29) is 0 Å². The topological polar surface area (TPSA) is 34.9 Å². The van der Waals surface area contributed by atoms with Gasteiger partial charge in [-0.2, -0.15) is 5.10 Å². The molecule has 0 atom stereocenters. The highest BCUT2D eigenvalue weighted by atomic mass is 79.9. The highest BCUT2D eigenvalue weighted by Crippen LogP contribution is 2.27. The van der Waals surface area contributed by atoms with Crippen LogP contribution in [-0.4, -0.2) is 16.1 Å². The minimum Gasteiger partial charge on any atom is -0.298 e. The van der Waals surface area contributed by atoms with E-state index in [1.54, 1.807) is 16.9 Å². The van der Waals surface area contributed by atoms with E-state index < -0.39 is 0 Å². The zero-order valence-corrected chi connectivity index (χ0v) is 13.2. The highest BCUT2D eigenvalue weighted by molar-refractivity contribution is 9.10. The molecule has 3 aromatic rings. The first kappa shape index (κ1) is 14.0. The minimum atomic E-state index is 0.521. The summed E-state index contributed by atoms with van der Waals surface area (Å²) in [5.41, 5.74) is 2.76. The molecule has 0 saturated carbocycles. The van der Waals surface area contributed by atoms with E-state index in [0.717, 1.165) is 22.0 Å². The smallest absolute Gasteiger partial charge is 0.153 e. The van der Waals surface area contributed by atoms with Gasteiger partial charge >= 0.3 is 0 Å². The van der Waals surface area contributed by atoms with Gasteiger partial charge < -0.3 is 0 Å². The van der Waals surface area contributed by atoms with Gasteiger partial charge in [0.1, 0.15) is 5.69 Å². The molecule has 0 aliphatic rings. The van der Waals surface area contributed by atoms with E-state index in [0.29, 0.717) is 16.3 Å². The molecule has 21 heavy (non-hydrogen) atoms. The number of hydrogen-bond donors (Lipinski definition) is 0. The third-order valence-corrected chi connectivity index (χ3v) is 3.88. The number of nitrogens with zero attached hydrogens (tertiary/aromatic N) is 2. The number of carbonyl (C=O) groups is 1. The molecule has 3 rings (SSSR count). The summed E-state index contributed by atoms with van der Waals surface area (Å²) in [5, 5.41) is 5.09. The number of para-hydroxylation sites is 1.